The molecule has 0 N–H and O–H groups in total. The first-order valence-electron chi connectivity index (χ1n) is 6.30. The SMILES string of the molecule is Cc1cccc2c1N(C)B(c1ccccc1)N2C. The van der Waals surface area contributed by atoms with Gasteiger partial charge in [-0.3, -0.25) is 0 Å². The summed E-state index contributed by atoms with van der Waals surface area (Å²) in [6, 6.07) is 17.2. The first kappa shape index (κ1) is 11.2. The third-order valence-electron chi connectivity index (χ3n) is 3.78. The van der Waals surface area contributed by atoms with Crippen LogP contribution in [-0.2, 0) is 0 Å². The van der Waals surface area contributed by atoms with Crippen molar-refractivity contribution in [1.29, 1.82) is 0 Å². The van der Waals surface area contributed by atoms with Gasteiger partial charge in [-0.05, 0) is 38.1 Å². The highest BCUT2D eigenvalue weighted by molar-refractivity contribution is 6.81. The number of hydrogen-bond donors (Lipinski definition) is 0. The molecule has 0 amide bonds. The fourth-order valence-electron chi connectivity index (χ4n) is 2.97. The summed E-state index contributed by atoms with van der Waals surface area (Å²) in [5, 5.41) is 0. The lowest BCUT2D eigenvalue weighted by atomic mass is 9.66. The Morgan fingerprint density at radius 3 is 2.22 bits per heavy atom. The second kappa shape index (κ2) is 4.09. The lowest BCUT2D eigenvalue weighted by Gasteiger charge is -2.23. The zero-order valence-corrected chi connectivity index (χ0v) is 11.1. The molecule has 0 spiro atoms. The van der Waals surface area contributed by atoms with E-state index >= 15 is 0 Å². The van der Waals surface area contributed by atoms with Crippen LogP contribution in [0.5, 0.6) is 0 Å². The van der Waals surface area contributed by atoms with Crippen molar-refractivity contribution < 1.29 is 0 Å². The van der Waals surface area contributed by atoms with Crippen LogP contribution >= 0.6 is 0 Å². The lowest BCUT2D eigenvalue weighted by molar-refractivity contribution is 1.29. The average Bonchev–Trinajstić information content (AvgIpc) is 2.64. The first-order chi connectivity index (χ1) is 8.70. The number of benzene rings is 2. The maximum atomic E-state index is 2.36. The molecular formula is C15H17BN2. The van der Waals surface area contributed by atoms with Gasteiger partial charge in [0.2, 0.25) is 0 Å². The van der Waals surface area contributed by atoms with E-state index in [1.165, 1.54) is 22.4 Å². The van der Waals surface area contributed by atoms with E-state index in [1.54, 1.807) is 0 Å². The van der Waals surface area contributed by atoms with Gasteiger partial charge in [-0.2, -0.15) is 0 Å². The second-order valence-electron chi connectivity index (χ2n) is 4.95. The van der Waals surface area contributed by atoms with Gasteiger partial charge in [-0.25, -0.2) is 0 Å². The highest BCUT2D eigenvalue weighted by Gasteiger charge is 2.37. The van der Waals surface area contributed by atoms with Crippen molar-refractivity contribution in [1.82, 2.24) is 0 Å². The van der Waals surface area contributed by atoms with Gasteiger partial charge >= 0.3 is 6.98 Å². The van der Waals surface area contributed by atoms with Crippen molar-refractivity contribution in [2.75, 3.05) is 23.7 Å². The monoisotopic (exact) mass is 236 g/mol. The molecule has 0 saturated carbocycles. The number of fused-ring (bicyclic) bond motifs is 1. The van der Waals surface area contributed by atoms with Gasteiger partial charge < -0.3 is 9.62 Å². The predicted molar refractivity (Wildman–Crippen MR) is 79.8 cm³/mol. The maximum Gasteiger partial charge on any atom is 0.411 e. The molecule has 2 aromatic carbocycles. The third kappa shape index (κ3) is 1.51. The Labute approximate surface area is 109 Å². The van der Waals surface area contributed by atoms with E-state index in [1.807, 2.05) is 0 Å². The Bertz CT molecular complexity index is 568. The molecule has 90 valence electrons. The number of hydrogen-bond acceptors (Lipinski definition) is 2. The fraction of sp³-hybridized carbons (Fsp3) is 0.200. The Hall–Kier alpha value is -1.90. The molecule has 1 aliphatic heterocycles. The summed E-state index contributed by atoms with van der Waals surface area (Å²) in [6.45, 7) is 2.47. The number of rotatable bonds is 1. The van der Waals surface area contributed by atoms with E-state index in [-0.39, 0.29) is 0 Å². The molecule has 3 heteroatoms. The van der Waals surface area contributed by atoms with Gasteiger partial charge in [0.15, 0.2) is 0 Å². The van der Waals surface area contributed by atoms with Gasteiger partial charge in [-0.15, -0.1) is 0 Å². The van der Waals surface area contributed by atoms with Crippen LogP contribution in [0.1, 0.15) is 5.56 Å². The third-order valence-corrected chi connectivity index (χ3v) is 3.78. The summed E-state index contributed by atoms with van der Waals surface area (Å²) in [5.41, 5.74) is 5.32. The van der Waals surface area contributed by atoms with Gasteiger partial charge in [0.05, 0.1) is 5.69 Å². The largest absolute Gasteiger partial charge is 0.411 e. The van der Waals surface area contributed by atoms with Crippen molar-refractivity contribution in [2.45, 2.75) is 6.92 Å². The Morgan fingerprint density at radius 2 is 1.56 bits per heavy atom. The molecule has 18 heavy (non-hydrogen) atoms. The van der Waals surface area contributed by atoms with Crippen molar-refractivity contribution in [3.63, 3.8) is 0 Å². The summed E-state index contributed by atoms with van der Waals surface area (Å²) in [5.74, 6) is 0. The summed E-state index contributed by atoms with van der Waals surface area (Å²) >= 11 is 0. The number of aryl methyl sites for hydroxylation is 1. The normalized spacial score (nSPS) is 14.1. The molecule has 0 bridgehead atoms. The Morgan fingerprint density at radius 1 is 0.833 bits per heavy atom. The minimum Gasteiger partial charge on any atom is -0.393 e. The van der Waals surface area contributed by atoms with Gasteiger partial charge in [0.1, 0.15) is 0 Å². The van der Waals surface area contributed by atoms with Crippen LogP contribution in [0.25, 0.3) is 0 Å². The molecule has 0 radical (unpaired) electrons. The van der Waals surface area contributed by atoms with E-state index in [4.69, 9.17) is 0 Å². The Kier molecular flexibility index (Phi) is 2.55. The van der Waals surface area contributed by atoms with Crippen molar-refractivity contribution in [2.24, 2.45) is 0 Å². The van der Waals surface area contributed by atoms with E-state index in [9.17, 15) is 0 Å². The molecule has 0 unspecified atom stereocenters. The number of para-hydroxylation sites is 1. The quantitative estimate of drug-likeness (QED) is 0.701. The molecule has 2 nitrogen and oxygen atoms in total. The standard InChI is InChI=1S/C15H17BN2/c1-12-8-7-11-14-15(12)18(3)16(17(14)2)13-9-5-4-6-10-13/h4-11H,1-3H3. The minimum atomic E-state index is 0.294. The number of anilines is 2. The van der Waals surface area contributed by atoms with Crippen LogP contribution in [0, 0.1) is 6.92 Å². The van der Waals surface area contributed by atoms with Gasteiger partial charge in [0.25, 0.3) is 0 Å². The summed E-state index contributed by atoms with van der Waals surface area (Å²) < 4.78 is 0. The fourth-order valence-corrected chi connectivity index (χ4v) is 2.97. The number of nitrogens with zero attached hydrogens (tertiary/aromatic N) is 2. The maximum absolute atomic E-state index is 2.36. The summed E-state index contributed by atoms with van der Waals surface area (Å²) in [6.07, 6.45) is 0. The molecule has 0 aromatic heterocycles. The van der Waals surface area contributed by atoms with Crippen molar-refractivity contribution in [3.8, 4) is 0 Å². The van der Waals surface area contributed by atoms with E-state index < -0.39 is 0 Å². The summed E-state index contributed by atoms with van der Waals surface area (Å²) in [4.78, 5) is 4.71. The van der Waals surface area contributed by atoms with Gasteiger partial charge in [0, 0.05) is 5.69 Å². The molecule has 2 aromatic rings. The molecule has 1 aliphatic rings. The van der Waals surface area contributed by atoms with E-state index in [0.717, 1.165) is 0 Å². The second-order valence-corrected chi connectivity index (χ2v) is 4.95. The van der Waals surface area contributed by atoms with Crippen LogP contribution in [0.3, 0.4) is 0 Å². The Balaban J connectivity index is 2.10. The van der Waals surface area contributed by atoms with Crippen LogP contribution in [0.4, 0.5) is 11.4 Å². The van der Waals surface area contributed by atoms with Gasteiger partial charge in [-0.1, -0.05) is 42.5 Å². The molecule has 1 heterocycles. The molecule has 0 aliphatic carbocycles. The van der Waals surface area contributed by atoms with Crippen LogP contribution < -0.4 is 15.1 Å². The first-order valence-corrected chi connectivity index (χ1v) is 6.30. The highest BCUT2D eigenvalue weighted by Crippen LogP contribution is 2.38. The van der Waals surface area contributed by atoms with E-state index in [0.29, 0.717) is 6.98 Å². The predicted octanol–water partition coefficient (Wildman–Crippen LogP) is 2.28. The molecular weight excluding hydrogens is 219 g/mol. The van der Waals surface area contributed by atoms with Crippen molar-refractivity contribution in [3.05, 3.63) is 54.1 Å². The zero-order valence-electron chi connectivity index (χ0n) is 11.1. The molecule has 3 rings (SSSR count). The zero-order chi connectivity index (χ0) is 12.7. The molecule has 0 fully saturated rings. The van der Waals surface area contributed by atoms with E-state index in [2.05, 4.69) is 79.2 Å². The highest BCUT2D eigenvalue weighted by atomic mass is 15.3. The molecule has 0 saturated heterocycles. The smallest absolute Gasteiger partial charge is 0.393 e. The summed E-state index contributed by atoms with van der Waals surface area (Å²) in [7, 11) is 4.34. The van der Waals surface area contributed by atoms with Crippen LogP contribution in [0.2, 0.25) is 0 Å². The van der Waals surface area contributed by atoms with Crippen LogP contribution in [0.15, 0.2) is 48.5 Å². The van der Waals surface area contributed by atoms with Crippen molar-refractivity contribution >= 4 is 23.8 Å². The topological polar surface area (TPSA) is 6.48 Å². The van der Waals surface area contributed by atoms with Crippen LogP contribution in [-0.4, -0.2) is 21.1 Å². The molecule has 0 atom stereocenters. The lowest BCUT2D eigenvalue weighted by Crippen LogP contribution is -2.53. The average molecular weight is 236 g/mol. The minimum absolute atomic E-state index is 0.294.